The molecule has 0 radical (unpaired) electrons. The van der Waals surface area contributed by atoms with Crippen LogP contribution in [0.4, 0.5) is 0 Å². The fourth-order valence-corrected chi connectivity index (χ4v) is 3.89. The molecule has 3 heterocycles. The van der Waals surface area contributed by atoms with Crippen molar-refractivity contribution in [2.75, 3.05) is 19.6 Å². The Bertz CT molecular complexity index is 1010. The van der Waals surface area contributed by atoms with E-state index in [1.807, 2.05) is 35.2 Å². The second kappa shape index (κ2) is 8.76. The number of rotatable bonds is 7. The number of hydrogen-bond donors (Lipinski definition) is 2. The van der Waals surface area contributed by atoms with Crippen LogP contribution in [0.2, 0.25) is 5.15 Å². The van der Waals surface area contributed by atoms with Crippen LogP contribution in [0, 0.1) is 0 Å². The normalized spacial score (nSPS) is 15.0. The lowest BCUT2D eigenvalue weighted by atomic mass is 10.0. The smallest absolute Gasteiger partial charge is 0.240 e. The van der Waals surface area contributed by atoms with Crippen LogP contribution in [-0.4, -0.2) is 52.2 Å². The molecule has 1 fully saturated rings. The zero-order chi connectivity index (χ0) is 20.2. The molecular weight excluding hydrogens is 388 g/mol. The lowest BCUT2D eigenvalue weighted by molar-refractivity contribution is -0.132. The molecule has 3 aromatic rings. The quantitative estimate of drug-likeness (QED) is 0.463. The highest BCUT2D eigenvalue weighted by molar-refractivity contribution is 6.30. The highest BCUT2D eigenvalue weighted by Gasteiger charge is 2.27. The third kappa shape index (κ3) is 4.66. The van der Waals surface area contributed by atoms with Crippen molar-refractivity contribution in [3.8, 4) is 0 Å². The minimum absolute atomic E-state index is 0.0618. The monoisotopic (exact) mass is 410 g/mol. The van der Waals surface area contributed by atoms with Crippen LogP contribution in [0.15, 0.2) is 48.7 Å². The molecule has 2 aromatic heterocycles. The number of carbonyl (C=O) groups is 2. The Hall–Kier alpha value is -2.70. The van der Waals surface area contributed by atoms with Crippen LogP contribution in [0.5, 0.6) is 0 Å². The Morgan fingerprint density at radius 1 is 1.17 bits per heavy atom. The zero-order valence-corrected chi connectivity index (χ0v) is 16.8. The van der Waals surface area contributed by atoms with Crippen molar-refractivity contribution in [2.24, 2.45) is 0 Å². The molecule has 29 heavy (non-hydrogen) atoms. The van der Waals surface area contributed by atoms with Crippen molar-refractivity contribution in [3.05, 3.63) is 65.1 Å². The summed E-state index contributed by atoms with van der Waals surface area (Å²) in [4.78, 5) is 34.7. The number of benzene rings is 1. The number of pyridine rings is 1. The van der Waals surface area contributed by atoms with E-state index in [-0.39, 0.29) is 18.2 Å². The van der Waals surface area contributed by atoms with Crippen molar-refractivity contribution in [2.45, 2.75) is 25.3 Å². The number of nitrogens with one attached hydrogen (secondary N) is 2. The van der Waals surface area contributed by atoms with E-state index in [0.29, 0.717) is 17.3 Å². The number of hydrogen-bond acceptors (Lipinski definition) is 4. The molecule has 1 amide bonds. The molecule has 0 aliphatic carbocycles. The number of ketones is 1. The Morgan fingerprint density at radius 2 is 1.93 bits per heavy atom. The number of fused-ring (bicyclic) bond motifs is 1. The van der Waals surface area contributed by atoms with Gasteiger partial charge in [-0.2, -0.15) is 0 Å². The second-order valence-corrected chi connectivity index (χ2v) is 7.74. The number of Topliss-reactive ketones (excluding diaryl/α,β-unsaturated/α-hetero) is 1. The highest BCUT2D eigenvalue weighted by Crippen LogP contribution is 2.18. The van der Waals surface area contributed by atoms with Gasteiger partial charge in [-0.1, -0.05) is 41.9 Å². The van der Waals surface area contributed by atoms with Gasteiger partial charge in [-0.15, -0.1) is 0 Å². The van der Waals surface area contributed by atoms with Crippen LogP contribution in [0.25, 0.3) is 10.9 Å². The first-order valence-corrected chi connectivity index (χ1v) is 10.2. The van der Waals surface area contributed by atoms with Gasteiger partial charge in [-0.05, 0) is 37.0 Å². The van der Waals surface area contributed by atoms with Gasteiger partial charge in [0.25, 0.3) is 0 Å². The van der Waals surface area contributed by atoms with E-state index in [1.54, 1.807) is 18.3 Å². The maximum Gasteiger partial charge on any atom is 0.240 e. The van der Waals surface area contributed by atoms with E-state index >= 15 is 0 Å². The molecule has 0 spiro atoms. The summed E-state index contributed by atoms with van der Waals surface area (Å²) in [5.41, 5.74) is 2.30. The summed E-state index contributed by atoms with van der Waals surface area (Å²) in [5.74, 6) is -0.0450. The van der Waals surface area contributed by atoms with Crippen molar-refractivity contribution in [3.63, 3.8) is 0 Å². The van der Waals surface area contributed by atoms with Crippen LogP contribution in [-0.2, 0) is 11.2 Å². The molecule has 4 rings (SSSR count). The standard InChI is InChI=1S/C22H23ClN4O2/c23-21-12-16-11-17(26-19(16)13-25-21)20(28)14-24-18(10-15-6-2-1-3-7-15)22(29)27-8-4-5-9-27/h1-3,6-7,11-13,18,24,26H,4-5,8-10,14H2/t18-/m0/s1. The molecule has 6 nitrogen and oxygen atoms in total. The van der Waals surface area contributed by atoms with E-state index in [4.69, 9.17) is 11.6 Å². The average molecular weight is 411 g/mol. The summed E-state index contributed by atoms with van der Waals surface area (Å²) in [5, 5.41) is 4.41. The predicted molar refractivity (Wildman–Crippen MR) is 113 cm³/mol. The number of halogens is 1. The third-order valence-corrected chi connectivity index (χ3v) is 5.49. The zero-order valence-electron chi connectivity index (χ0n) is 16.0. The summed E-state index contributed by atoms with van der Waals surface area (Å²) in [7, 11) is 0. The number of aromatic nitrogens is 2. The number of likely N-dealkylation sites (tertiary alicyclic amines) is 1. The molecular formula is C22H23ClN4O2. The third-order valence-electron chi connectivity index (χ3n) is 5.28. The van der Waals surface area contributed by atoms with Crippen LogP contribution < -0.4 is 5.32 Å². The first kappa shape index (κ1) is 19.6. The molecule has 2 N–H and O–H groups in total. The summed E-state index contributed by atoms with van der Waals surface area (Å²) < 4.78 is 0. The summed E-state index contributed by atoms with van der Waals surface area (Å²) in [6.45, 7) is 1.65. The lowest BCUT2D eigenvalue weighted by Crippen LogP contribution is -2.48. The van der Waals surface area contributed by atoms with E-state index in [9.17, 15) is 9.59 Å². The number of nitrogens with zero attached hydrogens (tertiary/aromatic N) is 2. The highest BCUT2D eigenvalue weighted by atomic mass is 35.5. The second-order valence-electron chi connectivity index (χ2n) is 7.36. The molecule has 0 bridgehead atoms. The van der Waals surface area contributed by atoms with Crippen molar-refractivity contribution in [1.82, 2.24) is 20.2 Å². The summed E-state index contributed by atoms with van der Waals surface area (Å²) in [6.07, 6.45) is 4.23. The van der Waals surface area contributed by atoms with Crippen molar-refractivity contribution in [1.29, 1.82) is 0 Å². The van der Waals surface area contributed by atoms with E-state index in [2.05, 4.69) is 15.3 Å². The van der Waals surface area contributed by atoms with Gasteiger partial charge in [-0.3, -0.25) is 14.9 Å². The molecule has 7 heteroatoms. The topological polar surface area (TPSA) is 78.1 Å². The molecule has 1 aliphatic heterocycles. The fourth-order valence-electron chi connectivity index (χ4n) is 3.72. The molecule has 0 saturated carbocycles. The van der Waals surface area contributed by atoms with Gasteiger partial charge in [-0.25, -0.2) is 4.98 Å². The summed E-state index contributed by atoms with van der Waals surface area (Å²) in [6, 6.07) is 12.9. The van der Waals surface area contributed by atoms with Gasteiger partial charge in [0.15, 0.2) is 5.78 Å². The van der Waals surface area contributed by atoms with Gasteiger partial charge in [0, 0.05) is 18.5 Å². The van der Waals surface area contributed by atoms with Gasteiger partial charge in [0.1, 0.15) is 5.15 Å². The number of amides is 1. The molecule has 1 saturated heterocycles. The minimum Gasteiger partial charge on any atom is -0.351 e. The number of carbonyl (C=O) groups excluding carboxylic acids is 2. The Morgan fingerprint density at radius 3 is 2.69 bits per heavy atom. The minimum atomic E-state index is -0.431. The molecule has 1 aliphatic rings. The average Bonchev–Trinajstić information content (AvgIpc) is 3.40. The number of H-pyrrole nitrogens is 1. The van der Waals surface area contributed by atoms with Crippen LogP contribution in [0.3, 0.4) is 0 Å². The molecule has 0 unspecified atom stereocenters. The Balaban J connectivity index is 1.47. The van der Waals surface area contributed by atoms with Gasteiger partial charge < -0.3 is 9.88 Å². The van der Waals surface area contributed by atoms with Crippen molar-refractivity contribution < 1.29 is 9.59 Å². The van der Waals surface area contributed by atoms with Gasteiger partial charge >= 0.3 is 0 Å². The SMILES string of the molecule is O=C(CN[C@@H](Cc1ccccc1)C(=O)N1CCCC1)c1cc2cc(Cl)ncc2[nH]1. The van der Waals surface area contributed by atoms with E-state index < -0.39 is 6.04 Å². The first-order valence-electron chi connectivity index (χ1n) is 9.84. The largest absolute Gasteiger partial charge is 0.351 e. The Kier molecular flexibility index (Phi) is 5.92. The summed E-state index contributed by atoms with van der Waals surface area (Å²) >= 11 is 5.92. The molecule has 1 aromatic carbocycles. The lowest BCUT2D eigenvalue weighted by Gasteiger charge is -2.24. The molecule has 1 atom stereocenters. The maximum atomic E-state index is 13.0. The van der Waals surface area contributed by atoms with E-state index in [1.165, 1.54) is 0 Å². The van der Waals surface area contributed by atoms with Crippen molar-refractivity contribution >= 4 is 34.2 Å². The Labute approximate surface area is 174 Å². The fraction of sp³-hybridized carbons (Fsp3) is 0.318. The molecule has 150 valence electrons. The van der Waals surface area contributed by atoms with Gasteiger partial charge in [0.2, 0.25) is 5.91 Å². The van der Waals surface area contributed by atoms with E-state index in [0.717, 1.165) is 42.4 Å². The number of aromatic amines is 1. The first-order chi connectivity index (χ1) is 14.1. The maximum absolute atomic E-state index is 13.0. The van der Waals surface area contributed by atoms with Crippen LogP contribution in [0.1, 0.15) is 28.9 Å². The van der Waals surface area contributed by atoms with Gasteiger partial charge in [0.05, 0.1) is 30.0 Å². The van der Waals surface area contributed by atoms with Crippen LogP contribution >= 0.6 is 11.6 Å². The predicted octanol–water partition coefficient (Wildman–Crippen LogP) is 3.22.